The van der Waals surface area contributed by atoms with Crippen molar-refractivity contribution in [3.63, 3.8) is 0 Å². The number of hydrogen-bond acceptors (Lipinski definition) is 5. The van der Waals surface area contributed by atoms with Crippen LogP contribution in [0.1, 0.15) is 53.6 Å². The Morgan fingerprint density at radius 3 is 2.58 bits per heavy atom. The Balaban J connectivity index is 1.35. The normalized spacial score (nSPS) is 19.7. The minimum atomic E-state index is -1.32. The summed E-state index contributed by atoms with van der Waals surface area (Å²) < 4.78 is 29.5. The highest BCUT2D eigenvalue weighted by molar-refractivity contribution is 5.90. The molecular weight excluding hydrogens is 488 g/mol. The third-order valence-electron chi connectivity index (χ3n) is 7.17. The first-order valence-electron chi connectivity index (χ1n) is 12.9. The molecule has 0 unspecified atom stereocenters. The zero-order valence-corrected chi connectivity index (χ0v) is 21.5. The van der Waals surface area contributed by atoms with Crippen LogP contribution in [-0.2, 0) is 9.59 Å². The summed E-state index contributed by atoms with van der Waals surface area (Å²) in [6, 6.07) is 12.7. The van der Waals surface area contributed by atoms with E-state index in [1.54, 1.807) is 37.3 Å². The Morgan fingerprint density at radius 2 is 1.89 bits per heavy atom. The fraction of sp³-hybridized carbons (Fsp3) is 0.379. The number of aromatic nitrogens is 2. The van der Waals surface area contributed by atoms with Gasteiger partial charge in [0.25, 0.3) is 0 Å². The molecule has 1 saturated carbocycles. The quantitative estimate of drug-likeness (QED) is 0.485. The summed E-state index contributed by atoms with van der Waals surface area (Å²) in [6.45, 7) is 1.56. The van der Waals surface area contributed by atoms with E-state index in [0.29, 0.717) is 22.6 Å². The number of aryl methyl sites for hydroxylation is 1. The molecule has 2 aromatic carbocycles. The maximum Gasteiger partial charge on any atom is 0.243 e. The van der Waals surface area contributed by atoms with Crippen molar-refractivity contribution in [2.24, 2.45) is 0 Å². The van der Waals surface area contributed by atoms with E-state index >= 15 is 0 Å². The minimum absolute atomic E-state index is 0.0788. The molecular formula is C29H31F2N5O2. The number of likely N-dealkylation sites (tertiary alicyclic amines) is 1. The van der Waals surface area contributed by atoms with Crippen LogP contribution in [0.3, 0.4) is 0 Å². The van der Waals surface area contributed by atoms with Crippen LogP contribution >= 0.6 is 0 Å². The fourth-order valence-corrected chi connectivity index (χ4v) is 5.01. The lowest BCUT2D eigenvalue weighted by Gasteiger charge is -2.28. The molecule has 1 aliphatic heterocycles. The van der Waals surface area contributed by atoms with Gasteiger partial charge in [-0.1, -0.05) is 42.5 Å². The molecule has 198 valence electrons. The molecule has 2 fully saturated rings. The summed E-state index contributed by atoms with van der Waals surface area (Å²) in [5, 5.41) is 2.98. The van der Waals surface area contributed by atoms with E-state index in [4.69, 9.17) is 0 Å². The Bertz CT molecular complexity index is 1320. The number of rotatable bonds is 8. The highest BCUT2D eigenvalue weighted by Crippen LogP contribution is 2.42. The van der Waals surface area contributed by atoms with Gasteiger partial charge in [-0.25, -0.2) is 13.8 Å². The summed E-state index contributed by atoms with van der Waals surface area (Å²) >= 11 is 0. The molecule has 5 rings (SSSR count). The third-order valence-corrected chi connectivity index (χ3v) is 7.17. The number of amides is 2. The van der Waals surface area contributed by atoms with Crippen molar-refractivity contribution in [2.75, 3.05) is 25.0 Å². The van der Waals surface area contributed by atoms with Crippen molar-refractivity contribution >= 4 is 17.6 Å². The summed E-state index contributed by atoms with van der Waals surface area (Å²) in [4.78, 5) is 38.1. The first-order chi connectivity index (χ1) is 18.3. The van der Waals surface area contributed by atoms with Gasteiger partial charge in [0, 0.05) is 19.7 Å². The molecule has 0 bridgehead atoms. The Hall–Kier alpha value is -3.88. The molecule has 1 N–H and O–H groups in total. The summed E-state index contributed by atoms with van der Waals surface area (Å²) in [6.07, 6.45) is 3.71. The van der Waals surface area contributed by atoms with Crippen LogP contribution in [0.4, 0.5) is 14.6 Å². The van der Waals surface area contributed by atoms with Gasteiger partial charge >= 0.3 is 0 Å². The number of likely N-dealkylation sites (N-methyl/N-ethyl adjacent to an activating group) is 1. The zero-order valence-electron chi connectivity index (χ0n) is 21.5. The van der Waals surface area contributed by atoms with Gasteiger partial charge in [-0.05, 0) is 48.4 Å². The Labute approximate surface area is 220 Å². The second kappa shape index (κ2) is 10.8. The van der Waals surface area contributed by atoms with Gasteiger partial charge in [-0.2, -0.15) is 0 Å². The van der Waals surface area contributed by atoms with E-state index in [1.165, 1.54) is 11.0 Å². The summed E-state index contributed by atoms with van der Waals surface area (Å²) in [5.74, 6) is -0.373. The second-order valence-electron chi connectivity index (χ2n) is 10.2. The van der Waals surface area contributed by atoms with Crippen LogP contribution in [0.15, 0.2) is 60.9 Å². The highest BCUT2D eigenvalue weighted by Gasteiger charge is 2.41. The number of alkyl halides is 1. The zero-order chi connectivity index (χ0) is 26.8. The Morgan fingerprint density at radius 1 is 1.13 bits per heavy atom. The van der Waals surface area contributed by atoms with E-state index in [1.807, 2.05) is 36.4 Å². The van der Waals surface area contributed by atoms with Crippen LogP contribution in [0.5, 0.6) is 0 Å². The molecule has 2 heterocycles. The molecule has 38 heavy (non-hydrogen) atoms. The largest absolute Gasteiger partial charge is 0.349 e. The van der Waals surface area contributed by atoms with Gasteiger partial charge in [0.1, 0.15) is 23.8 Å². The van der Waals surface area contributed by atoms with Crippen LogP contribution in [-0.4, -0.2) is 59.0 Å². The average Bonchev–Trinajstić information content (AvgIpc) is 3.67. The Kier molecular flexibility index (Phi) is 7.35. The molecule has 2 aliphatic rings. The second-order valence-corrected chi connectivity index (χ2v) is 10.2. The number of halogens is 2. The van der Waals surface area contributed by atoms with Gasteiger partial charge < -0.3 is 15.1 Å². The number of anilines is 1. The lowest BCUT2D eigenvalue weighted by Crippen LogP contribution is -2.49. The van der Waals surface area contributed by atoms with Crippen molar-refractivity contribution < 1.29 is 18.4 Å². The standard InChI is InChI=1S/C29H31F2N5O2/c1-18-14-32-15-26(33-18)35(2)17-27(37)36-16-22(30)13-25(36)29(38)34-28(20-6-4-3-5-7-20)21-10-11-23(19-8-9-19)24(31)12-21/h3-7,10-12,14-15,19,22,25,28H,8-9,13,16-17H2,1-2H3,(H,34,38)/t22-,25+,28+/m1/s1. The number of carbonyl (C=O) groups excluding carboxylic acids is 2. The van der Waals surface area contributed by atoms with Gasteiger partial charge in [-0.15, -0.1) is 0 Å². The van der Waals surface area contributed by atoms with E-state index in [-0.39, 0.29) is 37.2 Å². The SMILES string of the molecule is Cc1cncc(N(C)CC(=O)N2C[C@H](F)C[C@H]2C(=O)N[C@@H](c2ccccc2)c2ccc(C3CC3)c(F)c2)n1. The minimum Gasteiger partial charge on any atom is -0.349 e. The molecule has 0 radical (unpaired) electrons. The first-order valence-corrected chi connectivity index (χ1v) is 12.9. The lowest BCUT2D eigenvalue weighted by atomic mass is 9.96. The first kappa shape index (κ1) is 25.8. The molecule has 9 heteroatoms. The van der Waals surface area contributed by atoms with Crippen molar-refractivity contribution in [1.29, 1.82) is 0 Å². The fourth-order valence-electron chi connectivity index (χ4n) is 5.01. The van der Waals surface area contributed by atoms with Crippen molar-refractivity contribution in [3.8, 4) is 0 Å². The van der Waals surface area contributed by atoms with E-state index < -0.39 is 24.2 Å². The van der Waals surface area contributed by atoms with Crippen LogP contribution in [0, 0.1) is 12.7 Å². The summed E-state index contributed by atoms with van der Waals surface area (Å²) in [7, 11) is 1.70. The number of carbonyl (C=O) groups is 2. The monoisotopic (exact) mass is 519 g/mol. The molecule has 7 nitrogen and oxygen atoms in total. The number of benzene rings is 2. The van der Waals surface area contributed by atoms with E-state index in [0.717, 1.165) is 18.4 Å². The molecule has 3 atom stereocenters. The number of nitrogens with zero attached hydrogens (tertiary/aromatic N) is 4. The topological polar surface area (TPSA) is 78.4 Å². The third kappa shape index (κ3) is 5.66. The van der Waals surface area contributed by atoms with Crippen molar-refractivity contribution in [3.05, 3.63) is 89.1 Å². The molecule has 1 aromatic heterocycles. The highest BCUT2D eigenvalue weighted by atomic mass is 19.1. The predicted molar refractivity (Wildman–Crippen MR) is 140 cm³/mol. The van der Waals surface area contributed by atoms with Gasteiger partial charge in [0.05, 0.1) is 31.0 Å². The molecule has 2 amide bonds. The molecule has 1 aliphatic carbocycles. The van der Waals surface area contributed by atoms with Gasteiger partial charge in [0.15, 0.2) is 0 Å². The smallest absolute Gasteiger partial charge is 0.243 e. The average molecular weight is 520 g/mol. The van der Waals surface area contributed by atoms with Crippen LogP contribution < -0.4 is 10.2 Å². The lowest BCUT2D eigenvalue weighted by molar-refractivity contribution is -0.137. The van der Waals surface area contributed by atoms with Gasteiger partial charge in [0.2, 0.25) is 11.8 Å². The van der Waals surface area contributed by atoms with E-state index in [9.17, 15) is 18.4 Å². The maximum atomic E-state index is 14.9. The summed E-state index contributed by atoms with van der Waals surface area (Å²) in [5.41, 5.74) is 2.77. The van der Waals surface area contributed by atoms with Crippen LogP contribution in [0.2, 0.25) is 0 Å². The molecule has 1 saturated heterocycles. The molecule has 3 aromatic rings. The maximum absolute atomic E-state index is 14.9. The van der Waals surface area contributed by atoms with E-state index in [2.05, 4.69) is 15.3 Å². The van der Waals surface area contributed by atoms with Crippen molar-refractivity contribution in [2.45, 2.75) is 50.4 Å². The van der Waals surface area contributed by atoms with Crippen LogP contribution in [0.25, 0.3) is 0 Å². The van der Waals surface area contributed by atoms with Crippen molar-refractivity contribution in [1.82, 2.24) is 20.2 Å². The number of nitrogens with one attached hydrogen (secondary N) is 1. The molecule has 0 spiro atoms. The number of hydrogen-bond donors (Lipinski definition) is 1. The van der Waals surface area contributed by atoms with Gasteiger partial charge in [-0.3, -0.25) is 14.6 Å². The predicted octanol–water partition coefficient (Wildman–Crippen LogP) is 4.08.